The molecule has 21 heavy (non-hydrogen) atoms. The zero-order chi connectivity index (χ0) is 14.9. The molecule has 5 nitrogen and oxygen atoms in total. The van der Waals surface area contributed by atoms with Gasteiger partial charge in [-0.3, -0.25) is 9.89 Å². The number of carbonyl (C=O) groups excluding carboxylic acids is 1. The van der Waals surface area contributed by atoms with E-state index in [1.54, 1.807) is 11.3 Å². The summed E-state index contributed by atoms with van der Waals surface area (Å²) in [6, 6.07) is 4.15. The molecule has 0 atom stereocenters. The van der Waals surface area contributed by atoms with Crippen LogP contribution >= 0.6 is 11.3 Å². The van der Waals surface area contributed by atoms with Crippen LogP contribution in [-0.4, -0.2) is 29.2 Å². The van der Waals surface area contributed by atoms with Gasteiger partial charge in [0.15, 0.2) is 5.69 Å². The lowest BCUT2D eigenvalue weighted by Crippen LogP contribution is -2.37. The van der Waals surface area contributed by atoms with Crippen LogP contribution in [0.4, 0.5) is 0 Å². The molecule has 3 heterocycles. The van der Waals surface area contributed by atoms with E-state index in [1.165, 1.54) is 4.88 Å². The van der Waals surface area contributed by atoms with Crippen molar-refractivity contribution in [2.24, 2.45) is 0 Å². The summed E-state index contributed by atoms with van der Waals surface area (Å²) in [5.74, 6) is -0.0965. The molecule has 3 N–H and O–H groups in total. The average molecular weight is 304 g/mol. The first-order valence-corrected chi connectivity index (χ1v) is 8.05. The van der Waals surface area contributed by atoms with Gasteiger partial charge in [0.25, 0.3) is 5.91 Å². The van der Waals surface area contributed by atoms with Crippen LogP contribution in [0.15, 0.2) is 17.5 Å². The van der Waals surface area contributed by atoms with Gasteiger partial charge in [-0.1, -0.05) is 19.9 Å². The Bertz CT molecular complexity index is 630. The molecular formula is C15H20N4OS. The fraction of sp³-hybridized carbons (Fsp3) is 0.467. The lowest BCUT2D eigenvalue weighted by Gasteiger charge is -2.23. The van der Waals surface area contributed by atoms with Crippen LogP contribution in [-0.2, 0) is 18.4 Å². The molecule has 0 radical (unpaired) electrons. The predicted octanol–water partition coefficient (Wildman–Crippen LogP) is 1.82. The molecule has 1 amide bonds. The minimum Gasteiger partial charge on any atom is -0.350 e. The number of H-pyrrole nitrogens is 1. The number of carbonyl (C=O) groups is 1. The first-order valence-electron chi connectivity index (χ1n) is 7.17. The number of nitrogens with zero attached hydrogens (tertiary/aromatic N) is 1. The molecule has 0 saturated carbocycles. The molecule has 0 saturated heterocycles. The van der Waals surface area contributed by atoms with Crippen molar-refractivity contribution in [2.75, 3.05) is 13.1 Å². The molecule has 0 unspecified atom stereocenters. The third-order valence-corrected chi connectivity index (χ3v) is 5.14. The number of hydrogen-bond donors (Lipinski definition) is 3. The van der Waals surface area contributed by atoms with E-state index in [4.69, 9.17) is 0 Å². The molecule has 3 rings (SSSR count). The Kier molecular flexibility index (Phi) is 3.82. The second-order valence-corrected chi connectivity index (χ2v) is 6.95. The molecule has 6 heteroatoms. The molecule has 1 aliphatic rings. The predicted molar refractivity (Wildman–Crippen MR) is 83.7 cm³/mol. The fourth-order valence-corrected chi connectivity index (χ4v) is 3.40. The number of rotatable bonds is 4. The smallest absolute Gasteiger partial charge is 0.272 e. The van der Waals surface area contributed by atoms with E-state index in [2.05, 4.69) is 46.1 Å². The van der Waals surface area contributed by atoms with E-state index in [1.807, 2.05) is 6.07 Å². The minimum atomic E-state index is -0.0965. The normalized spacial score (nSPS) is 14.8. The summed E-state index contributed by atoms with van der Waals surface area (Å²) in [5, 5.41) is 15.5. The Morgan fingerprint density at radius 3 is 3.14 bits per heavy atom. The van der Waals surface area contributed by atoms with Crippen LogP contribution in [0.3, 0.4) is 0 Å². The Hall–Kier alpha value is -1.66. The summed E-state index contributed by atoms with van der Waals surface area (Å²) in [6.45, 7) is 6.52. The van der Waals surface area contributed by atoms with Crippen molar-refractivity contribution in [3.8, 4) is 0 Å². The Labute approximate surface area is 128 Å². The van der Waals surface area contributed by atoms with Crippen molar-refractivity contribution in [2.45, 2.75) is 32.2 Å². The summed E-state index contributed by atoms with van der Waals surface area (Å²) in [6.07, 6.45) is 0.899. The highest BCUT2D eigenvalue weighted by atomic mass is 32.1. The standard InChI is InChI=1S/C15H20N4OS/c1-15(2,12-4-3-7-21-12)9-17-14(20)13-10-8-16-6-5-11(10)18-19-13/h3-4,7,16H,5-6,8-9H2,1-2H3,(H,17,20)(H,18,19). The van der Waals surface area contributed by atoms with E-state index >= 15 is 0 Å². The number of nitrogens with one attached hydrogen (secondary N) is 3. The maximum absolute atomic E-state index is 12.4. The number of fused-ring (bicyclic) bond motifs is 1. The summed E-state index contributed by atoms with van der Waals surface area (Å²) >= 11 is 1.72. The molecule has 1 aliphatic heterocycles. The van der Waals surface area contributed by atoms with Gasteiger partial charge in [-0.2, -0.15) is 5.10 Å². The Balaban J connectivity index is 1.68. The van der Waals surface area contributed by atoms with Gasteiger partial charge in [0.05, 0.1) is 0 Å². The van der Waals surface area contributed by atoms with E-state index in [0.717, 1.165) is 24.2 Å². The highest BCUT2D eigenvalue weighted by Crippen LogP contribution is 2.26. The summed E-state index contributed by atoms with van der Waals surface area (Å²) in [7, 11) is 0. The molecule has 2 aromatic heterocycles. The first-order chi connectivity index (χ1) is 10.1. The summed E-state index contributed by atoms with van der Waals surface area (Å²) in [5.41, 5.74) is 2.54. The average Bonchev–Trinajstić information content (AvgIpc) is 3.14. The van der Waals surface area contributed by atoms with Crippen molar-refractivity contribution in [1.82, 2.24) is 20.8 Å². The van der Waals surface area contributed by atoms with Crippen molar-refractivity contribution >= 4 is 17.2 Å². The number of hydrogen-bond acceptors (Lipinski definition) is 4. The Morgan fingerprint density at radius 1 is 1.52 bits per heavy atom. The molecule has 0 aliphatic carbocycles. The van der Waals surface area contributed by atoms with Crippen molar-refractivity contribution < 1.29 is 4.79 Å². The SMILES string of the molecule is CC(C)(CNC(=O)c1n[nH]c2c1CNCC2)c1cccs1. The van der Waals surface area contributed by atoms with Gasteiger partial charge in [0, 0.05) is 47.6 Å². The van der Waals surface area contributed by atoms with Crippen LogP contribution in [0, 0.1) is 0 Å². The van der Waals surface area contributed by atoms with Crippen molar-refractivity contribution in [1.29, 1.82) is 0 Å². The van der Waals surface area contributed by atoms with Gasteiger partial charge in [-0.25, -0.2) is 0 Å². The van der Waals surface area contributed by atoms with Crippen molar-refractivity contribution in [3.05, 3.63) is 39.3 Å². The molecule has 0 spiro atoms. The van der Waals surface area contributed by atoms with Gasteiger partial charge >= 0.3 is 0 Å². The van der Waals surface area contributed by atoms with Gasteiger partial charge < -0.3 is 10.6 Å². The summed E-state index contributed by atoms with van der Waals surface area (Å²) < 4.78 is 0. The molecule has 0 aromatic carbocycles. The van der Waals surface area contributed by atoms with Crippen LogP contribution in [0.2, 0.25) is 0 Å². The third kappa shape index (κ3) is 2.87. The van der Waals surface area contributed by atoms with E-state index < -0.39 is 0 Å². The van der Waals surface area contributed by atoms with Crippen LogP contribution in [0.1, 0.15) is 40.5 Å². The van der Waals surface area contributed by atoms with Gasteiger partial charge in [-0.15, -0.1) is 11.3 Å². The lowest BCUT2D eigenvalue weighted by atomic mass is 9.91. The second kappa shape index (κ2) is 5.61. The van der Waals surface area contributed by atoms with Crippen LogP contribution in [0.5, 0.6) is 0 Å². The Morgan fingerprint density at radius 2 is 2.38 bits per heavy atom. The molecule has 0 bridgehead atoms. The maximum atomic E-state index is 12.4. The highest BCUT2D eigenvalue weighted by Gasteiger charge is 2.25. The van der Waals surface area contributed by atoms with E-state index in [-0.39, 0.29) is 11.3 Å². The number of aromatic amines is 1. The van der Waals surface area contributed by atoms with Gasteiger partial charge in [-0.05, 0) is 11.4 Å². The number of amides is 1. The maximum Gasteiger partial charge on any atom is 0.272 e. The number of aromatic nitrogens is 2. The monoisotopic (exact) mass is 304 g/mol. The third-order valence-electron chi connectivity index (χ3n) is 3.90. The van der Waals surface area contributed by atoms with Gasteiger partial charge in [0.1, 0.15) is 0 Å². The largest absolute Gasteiger partial charge is 0.350 e. The quantitative estimate of drug-likeness (QED) is 0.807. The second-order valence-electron chi connectivity index (χ2n) is 6.00. The molecular weight excluding hydrogens is 284 g/mol. The zero-order valence-corrected chi connectivity index (χ0v) is 13.1. The van der Waals surface area contributed by atoms with Crippen LogP contribution < -0.4 is 10.6 Å². The summed E-state index contributed by atoms with van der Waals surface area (Å²) in [4.78, 5) is 13.6. The molecule has 2 aromatic rings. The van der Waals surface area contributed by atoms with Crippen LogP contribution in [0.25, 0.3) is 0 Å². The van der Waals surface area contributed by atoms with Crippen molar-refractivity contribution in [3.63, 3.8) is 0 Å². The number of thiophene rings is 1. The highest BCUT2D eigenvalue weighted by molar-refractivity contribution is 7.10. The zero-order valence-electron chi connectivity index (χ0n) is 12.3. The first kappa shape index (κ1) is 14.3. The van der Waals surface area contributed by atoms with E-state index in [0.29, 0.717) is 18.8 Å². The molecule has 0 fully saturated rings. The lowest BCUT2D eigenvalue weighted by molar-refractivity contribution is 0.0939. The fourth-order valence-electron chi connectivity index (χ4n) is 2.55. The van der Waals surface area contributed by atoms with E-state index in [9.17, 15) is 4.79 Å². The minimum absolute atomic E-state index is 0.0710. The molecule has 112 valence electrons. The van der Waals surface area contributed by atoms with Gasteiger partial charge in [0.2, 0.25) is 0 Å². The topological polar surface area (TPSA) is 69.8 Å².